The van der Waals surface area contributed by atoms with E-state index in [0.717, 1.165) is 11.1 Å². The van der Waals surface area contributed by atoms with Crippen LogP contribution in [0, 0.1) is 13.8 Å². The minimum Gasteiger partial charge on any atom is -0.481 e. The van der Waals surface area contributed by atoms with Crippen molar-refractivity contribution in [2.75, 3.05) is 0 Å². The fourth-order valence-electron chi connectivity index (χ4n) is 2.75. The Morgan fingerprint density at radius 1 is 0.815 bits per heavy atom. The fraction of sp³-hybridized carbons (Fsp3) is 0.316. The maximum absolute atomic E-state index is 13.0. The van der Waals surface area contributed by atoms with Gasteiger partial charge in [-0.15, -0.1) is 0 Å². The first kappa shape index (κ1) is 21.1. The van der Waals surface area contributed by atoms with Crippen LogP contribution >= 0.6 is 0 Å². The summed E-state index contributed by atoms with van der Waals surface area (Å²) < 4.78 is 51.9. The zero-order valence-corrected chi connectivity index (χ0v) is 16.9. The molecular formula is C19H22O6S2. The van der Waals surface area contributed by atoms with Gasteiger partial charge < -0.3 is 5.11 Å². The molecule has 0 bridgehead atoms. The highest BCUT2D eigenvalue weighted by atomic mass is 32.2. The van der Waals surface area contributed by atoms with Gasteiger partial charge in [-0.05, 0) is 45.0 Å². The van der Waals surface area contributed by atoms with E-state index in [0.29, 0.717) is 0 Å². The molecule has 27 heavy (non-hydrogen) atoms. The average molecular weight is 411 g/mol. The van der Waals surface area contributed by atoms with Crippen LogP contribution in [0.15, 0.2) is 58.3 Å². The predicted molar refractivity (Wildman–Crippen MR) is 102 cm³/mol. The van der Waals surface area contributed by atoms with E-state index in [-0.39, 0.29) is 9.79 Å². The van der Waals surface area contributed by atoms with Crippen molar-refractivity contribution in [3.63, 3.8) is 0 Å². The molecule has 0 saturated carbocycles. The highest BCUT2D eigenvalue weighted by molar-refractivity contribution is 7.96. The number of hydrogen-bond donors (Lipinski definition) is 1. The maximum atomic E-state index is 13.0. The lowest BCUT2D eigenvalue weighted by Crippen LogP contribution is -2.39. The van der Waals surface area contributed by atoms with E-state index in [1.54, 1.807) is 38.1 Å². The van der Waals surface area contributed by atoms with Crippen molar-refractivity contribution in [3.8, 4) is 0 Å². The summed E-state index contributed by atoms with van der Waals surface area (Å²) in [5, 5.41) is 6.17. The Hall–Kier alpha value is -2.19. The molecule has 0 saturated heterocycles. The summed E-state index contributed by atoms with van der Waals surface area (Å²) in [7, 11) is -8.21. The average Bonchev–Trinajstić information content (AvgIpc) is 2.59. The Morgan fingerprint density at radius 3 is 1.56 bits per heavy atom. The molecule has 146 valence electrons. The maximum Gasteiger partial charge on any atom is 0.304 e. The fourth-order valence-corrected chi connectivity index (χ4v) is 6.80. The molecule has 2 rings (SSSR count). The van der Waals surface area contributed by atoms with Crippen molar-refractivity contribution < 1.29 is 26.7 Å². The summed E-state index contributed by atoms with van der Waals surface area (Å²) >= 11 is 0. The summed E-state index contributed by atoms with van der Waals surface area (Å²) in [5.41, 5.74) is 1.69. The van der Waals surface area contributed by atoms with Crippen LogP contribution in [0.5, 0.6) is 0 Å². The van der Waals surface area contributed by atoms with Gasteiger partial charge in [-0.1, -0.05) is 35.4 Å². The summed E-state index contributed by atoms with van der Waals surface area (Å²) in [6.07, 6.45) is -0.803. The third-order valence-electron chi connectivity index (χ3n) is 4.49. The van der Waals surface area contributed by atoms with Crippen LogP contribution in [-0.4, -0.2) is 38.4 Å². The quantitative estimate of drug-likeness (QED) is 0.752. The number of aliphatic carboxylic acids is 1. The first-order valence-corrected chi connectivity index (χ1v) is 11.4. The van der Waals surface area contributed by atoms with E-state index in [1.165, 1.54) is 31.2 Å². The van der Waals surface area contributed by atoms with Gasteiger partial charge >= 0.3 is 5.97 Å². The molecule has 2 unspecified atom stereocenters. The molecule has 0 heterocycles. The highest BCUT2D eigenvalue weighted by Gasteiger charge is 2.41. The number of sulfone groups is 2. The Balaban J connectivity index is 2.53. The van der Waals surface area contributed by atoms with Crippen molar-refractivity contribution in [3.05, 3.63) is 59.7 Å². The lowest BCUT2D eigenvalue weighted by Gasteiger charge is -2.23. The number of benzene rings is 2. The van der Waals surface area contributed by atoms with Gasteiger partial charge in [0, 0.05) is 0 Å². The molecule has 0 aliphatic rings. The van der Waals surface area contributed by atoms with E-state index in [4.69, 9.17) is 0 Å². The topological polar surface area (TPSA) is 106 Å². The van der Waals surface area contributed by atoms with Gasteiger partial charge in [-0.25, -0.2) is 16.8 Å². The molecule has 0 radical (unpaired) electrons. The van der Waals surface area contributed by atoms with Crippen molar-refractivity contribution in [1.82, 2.24) is 0 Å². The van der Waals surface area contributed by atoms with Gasteiger partial charge in [0.05, 0.1) is 26.7 Å². The van der Waals surface area contributed by atoms with Crippen molar-refractivity contribution >= 4 is 25.6 Å². The van der Waals surface area contributed by atoms with E-state index in [2.05, 4.69) is 0 Å². The smallest absolute Gasteiger partial charge is 0.304 e. The molecular weight excluding hydrogens is 388 g/mol. The molecule has 2 aromatic rings. The van der Waals surface area contributed by atoms with Crippen molar-refractivity contribution in [2.45, 2.75) is 47.5 Å². The lowest BCUT2D eigenvalue weighted by molar-refractivity contribution is -0.137. The van der Waals surface area contributed by atoms with Crippen LogP contribution in [0.1, 0.15) is 24.5 Å². The van der Waals surface area contributed by atoms with Gasteiger partial charge in [0.2, 0.25) is 0 Å². The van der Waals surface area contributed by atoms with E-state index in [1.807, 2.05) is 0 Å². The molecule has 0 spiro atoms. The Kier molecular flexibility index (Phi) is 6.11. The minimum atomic E-state index is -4.17. The Labute approximate surface area is 159 Å². The van der Waals surface area contributed by atoms with E-state index >= 15 is 0 Å². The van der Waals surface area contributed by atoms with Gasteiger partial charge in [0.15, 0.2) is 19.7 Å². The number of aryl methyl sites for hydroxylation is 2. The number of carboxylic acid groups (broad SMARTS) is 1. The Bertz CT molecular complexity index is 1020. The zero-order chi connectivity index (χ0) is 20.4. The number of rotatable bonds is 7. The molecule has 1 N–H and O–H groups in total. The van der Waals surface area contributed by atoms with Gasteiger partial charge in [0.1, 0.15) is 0 Å². The zero-order valence-electron chi connectivity index (χ0n) is 15.3. The molecule has 8 heteroatoms. The third-order valence-corrected chi connectivity index (χ3v) is 9.20. The second-order valence-corrected chi connectivity index (χ2v) is 11.0. The molecule has 0 aliphatic carbocycles. The first-order valence-electron chi connectivity index (χ1n) is 8.29. The largest absolute Gasteiger partial charge is 0.481 e. The molecule has 0 aromatic heterocycles. The molecule has 0 fully saturated rings. The summed E-state index contributed by atoms with van der Waals surface area (Å²) in [6, 6.07) is 11.9. The van der Waals surface area contributed by atoms with Gasteiger partial charge in [0.25, 0.3) is 0 Å². The van der Waals surface area contributed by atoms with Crippen molar-refractivity contribution in [1.29, 1.82) is 0 Å². The molecule has 6 nitrogen and oxygen atoms in total. The predicted octanol–water partition coefficient (Wildman–Crippen LogP) is 2.78. The van der Waals surface area contributed by atoms with Gasteiger partial charge in [-0.3, -0.25) is 4.79 Å². The van der Waals surface area contributed by atoms with Gasteiger partial charge in [-0.2, -0.15) is 0 Å². The van der Waals surface area contributed by atoms with Crippen LogP contribution in [-0.2, 0) is 24.5 Å². The monoisotopic (exact) mass is 410 g/mol. The van der Waals surface area contributed by atoms with Crippen LogP contribution in [0.4, 0.5) is 0 Å². The molecule has 2 aromatic carbocycles. The van der Waals surface area contributed by atoms with Crippen LogP contribution in [0.2, 0.25) is 0 Å². The summed E-state index contributed by atoms with van der Waals surface area (Å²) in [6.45, 7) is 4.83. The summed E-state index contributed by atoms with van der Waals surface area (Å²) in [5.74, 6) is -1.37. The van der Waals surface area contributed by atoms with Crippen LogP contribution < -0.4 is 0 Å². The number of carboxylic acids is 1. The Morgan fingerprint density at radius 2 is 1.19 bits per heavy atom. The lowest BCUT2D eigenvalue weighted by atomic mass is 10.2. The second kappa shape index (κ2) is 7.82. The van der Waals surface area contributed by atoms with Crippen molar-refractivity contribution in [2.24, 2.45) is 0 Å². The second-order valence-electron chi connectivity index (χ2n) is 6.56. The minimum absolute atomic E-state index is 0.0323. The molecule has 0 aliphatic heterocycles. The third kappa shape index (κ3) is 4.56. The SMILES string of the molecule is Cc1ccc(S(=O)(=O)C(C)C(CC(=O)O)S(=O)(=O)c2ccc(C)cc2)cc1. The normalized spacial score (nSPS) is 14.5. The highest BCUT2D eigenvalue weighted by Crippen LogP contribution is 2.28. The van der Waals surface area contributed by atoms with Crippen LogP contribution in [0.25, 0.3) is 0 Å². The summed E-state index contributed by atoms with van der Waals surface area (Å²) in [4.78, 5) is 11.2. The number of hydrogen-bond acceptors (Lipinski definition) is 5. The van der Waals surface area contributed by atoms with E-state index in [9.17, 15) is 26.7 Å². The standard InChI is InChI=1S/C19H22O6S2/c1-13-4-8-16(9-5-13)26(22,23)15(3)18(12-19(20)21)27(24,25)17-10-6-14(2)7-11-17/h4-11,15,18H,12H2,1-3H3,(H,20,21). The molecule has 0 amide bonds. The first-order chi connectivity index (χ1) is 12.5. The number of carbonyl (C=O) groups is 1. The molecule has 2 atom stereocenters. The van der Waals surface area contributed by atoms with E-state index < -0.39 is 42.6 Å². The van der Waals surface area contributed by atoms with Crippen LogP contribution in [0.3, 0.4) is 0 Å².